The molecular formula is C47H37N4P. The Morgan fingerprint density at radius 2 is 1.50 bits per heavy atom. The number of benzene rings is 5. The van der Waals surface area contributed by atoms with E-state index in [1.165, 1.54) is 56.5 Å². The molecular weight excluding hydrogens is 652 g/mol. The summed E-state index contributed by atoms with van der Waals surface area (Å²) in [6, 6.07) is 41.7. The van der Waals surface area contributed by atoms with Crippen molar-refractivity contribution in [2.24, 2.45) is 5.92 Å². The van der Waals surface area contributed by atoms with Crippen LogP contribution in [0.25, 0.3) is 62.3 Å². The van der Waals surface area contributed by atoms with Crippen LogP contribution in [0.15, 0.2) is 145 Å². The molecule has 0 amide bonds. The first-order chi connectivity index (χ1) is 25.7. The molecule has 7 aromatic rings. The Morgan fingerprint density at radius 3 is 2.33 bits per heavy atom. The fourth-order valence-electron chi connectivity index (χ4n) is 9.05. The van der Waals surface area contributed by atoms with Gasteiger partial charge in [-0.3, -0.25) is 9.13 Å². The molecule has 0 spiro atoms. The minimum absolute atomic E-state index is 0.265. The van der Waals surface area contributed by atoms with Crippen LogP contribution < -0.4 is 16.0 Å². The number of aromatic nitrogens is 4. The number of rotatable bonds is 4. The van der Waals surface area contributed by atoms with Crippen LogP contribution >= 0.6 is 7.92 Å². The lowest BCUT2D eigenvalue weighted by molar-refractivity contribution is 0.567. The van der Waals surface area contributed by atoms with Gasteiger partial charge in [0.15, 0.2) is 0 Å². The van der Waals surface area contributed by atoms with E-state index in [4.69, 9.17) is 9.97 Å². The van der Waals surface area contributed by atoms with Gasteiger partial charge >= 0.3 is 0 Å². The molecule has 4 atom stereocenters. The molecule has 0 saturated heterocycles. The first kappa shape index (κ1) is 30.1. The largest absolute Gasteiger partial charge is 0.293 e. The molecule has 5 heteroatoms. The molecule has 250 valence electrons. The van der Waals surface area contributed by atoms with E-state index in [1.54, 1.807) is 0 Å². The molecule has 4 nitrogen and oxygen atoms in total. The minimum atomic E-state index is -0.488. The van der Waals surface area contributed by atoms with E-state index in [-0.39, 0.29) is 5.92 Å². The van der Waals surface area contributed by atoms with E-state index in [0.717, 1.165) is 45.9 Å². The number of fused-ring (bicyclic) bond motifs is 7. The van der Waals surface area contributed by atoms with Crippen molar-refractivity contribution >= 4 is 52.8 Å². The van der Waals surface area contributed by atoms with Crippen molar-refractivity contribution < 1.29 is 0 Å². The standard InChI is InChI=1S/C47H37N4P/c1-52-44-28-42-40(48-46(50(42)36-16-4-2-5-17-36)34-22-20-30-12-8-10-14-32(30)24-34)26-38(44)39-27-41-43(29-45(39)52)51(37-18-6-3-7-19-37)47(49-41)35-23-21-31-13-9-11-15-33(31)25-35/h2-8,10-12,14-20,22-29,31,38,44H,9,13,21H2,1H3. The summed E-state index contributed by atoms with van der Waals surface area (Å²) in [5.41, 5.74) is 10.1. The second-order valence-electron chi connectivity index (χ2n) is 14.6. The summed E-state index contributed by atoms with van der Waals surface area (Å²) in [5, 5.41) is 6.21. The molecule has 52 heavy (non-hydrogen) atoms. The molecule has 2 aromatic heterocycles. The van der Waals surface area contributed by atoms with E-state index in [9.17, 15) is 0 Å². The van der Waals surface area contributed by atoms with Gasteiger partial charge in [-0.05, 0) is 120 Å². The average molecular weight is 689 g/mol. The smallest absolute Gasteiger partial charge is 0.145 e. The zero-order valence-electron chi connectivity index (χ0n) is 29.0. The zero-order valence-corrected chi connectivity index (χ0v) is 29.9. The van der Waals surface area contributed by atoms with E-state index in [1.807, 2.05) is 0 Å². The van der Waals surface area contributed by atoms with Crippen LogP contribution in [0.4, 0.5) is 0 Å². The molecule has 1 aliphatic heterocycles. The summed E-state index contributed by atoms with van der Waals surface area (Å²) < 4.78 is 4.78. The van der Waals surface area contributed by atoms with Gasteiger partial charge in [-0.2, -0.15) is 0 Å². The maximum atomic E-state index is 5.45. The first-order valence-electron chi connectivity index (χ1n) is 18.5. The van der Waals surface area contributed by atoms with Crippen molar-refractivity contribution in [3.05, 3.63) is 167 Å². The third-order valence-electron chi connectivity index (χ3n) is 11.7. The van der Waals surface area contributed by atoms with Gasteiger partial charge in [0.1, 0.15) is 11.6 Å². The molecule has 4 unspecified atom stereocenters. The lowest BCUT2D eigenvalue weighted by atomic mass is 9.82. The van der Waals surface area contributed by atoms with Crippen molar-refractivity contribution in [2.75, 3.05) is 6.66 Å². The van der Waals surface area contributed by atoms with Crippen LogP contribution in [0, 0.1) is 5.92 Å². The van der Waals surface area contributed by atoms with Gasteiger partial charge in [0.05, 0.1) is 21.7 Å². The zero-order chi connectivity index (χ0) is 34.3. The summed E-state index contributed by atoms with van der Waals surface area (Å²) >= 11 is 0. The van der Waals surface area contributed by atoms with Crippen LogP contribution in [-0.2, 0) is 0 Å². The summed E-state index contributed by atoms with van der Waals surface area (Å²) in [6.07, 6.45) is 18.0. The van der Waals surface area contributed by atoms with Crippen LogP contribution in [-0.4, -0.2) is 31.4 Å². The SMILES string of the molecule is CP1c2cc3c(cc2C2C=c4nc(-c5ccc6ccccc6c5)n(-c5ccccc5)c4=CC21)nc(C1=CCC2CCC=CC2=C1)n3-c1ccccc1. The number of imidazole rings is 2. The normalized spacial score (nSPS) is 21.4. The minimum Gasteiger partial charge on any atom is -0.293 e. The van der Waals surface area contributed by atoms with Crippen LogP contribution in [0.5, 0.6) is 0 Å². The molecule has 5 aromatic carbocycles. The lowest BCUT2D eigenvalue weighted by Crippen LogP contribution is -2.36. The van der Waals surface area contributed by atoms with E-state index >= 15 is 0 Å². The summed E-state index contributed by atoms with van der Waals surface area (Å²) in [6.45, 7) is 2.47. The number of allylic oxidation sites excluding steroid dienone is 6. The number of hydrogen-bond donors (Lipinski definition) is 0. The van der Waals surface area contributed by atoms with E-state index in [0.29, 0.717) is 11.6 Å². The van der Waals surface area contributed by atoms with Gasteiger partial charge < -0.3 is 0 Å². The van der Waals surface area contributed by atoms with E-state index < -0.39 is 7.92 Å². The highest BCUT2D eigenvalue weighted by atomic mass is 31.1. The summed E-state index contributed by atoms with van der Waals surface area (Å²) in [5.74, 6) is 2.92. The highest BCUT2D eigenvalue weighted by molar-refractivity contribution is 7.66. The number of nitrogens with zero attached hydrogens (tertiary/aromatic N) is 4. The summed E-state index contributed by atoms with van der Waals surface area (Å²) in [4.78, 5) is 10.9. The number of para-hydroxylation sites is 2. The van der Waals surface area contributed by atoms with Crippen LogP contribution in [0.3, 0.4) is 0 Å². The van der Waals surface area contributed by atoms with Gasteiger partial charge in [-0.1, -0.05) is 98.9 Å². The molecule has 0 radical (unpaired) electrons. The van der Waals surface area contributed by atoms with Gasteiger partial charge in [0.2, 0.25) is 0 Å². The molecule has 11 rings (SSSR count). The number of hydrogen-bond acceptors (Lipinski definition) is 2. The van der Waals surface area contributed by atoms with Crippen LogP contribution in [0.2, 0.25) is 0 Å². The maximum absolute atomic E-state index is 5.45. The van der Waals surface area contributed by atoms with Crippen molar-refractivity contribution in [2.45, 2.75) is 30.8 Å². The maximum Gasteiger partial charge on any atom is 0.145 e. The molecule has 0 bridgehead atoms. The lowest BCUT2D eigenvalue weighted by Gasteiger charge is -2.24. The van der Waals surface area contributed by atoms with Gasteiger partial charge in [0, 0.05) is 34.1 Å². The fraction of sp³-hybridized carbons (Fsp3) is 0.149. The van der Waals surface area contributed by atoms with Crippen molar-refractivity contribution in [3.8, 4) is 22.8 Å². The Bertz CT molecular complexity index is 2800. The fourth-order valence-corrected chi connectivity index (χ4v) is 11.4. The van der Waals surface area contributed by atoms with E-state index in [2.05, 4.69) is 168 Å². The Hall–Kier alpha value is -5.57. The van der Waals surface area contributed by atoms with Gasteiger partial charge in [-0.15, -0.1) is 0 Å². The second-order valence-corrected chi connectivity index (χ2v) is 16.9. The highest BCUT2D eigenvalue weighted by Crippen LogP contribution is 2.54. The third kappa shape index (κ3) is 4.64. The molecule has 0 fully saturated rings. The Morgan fingerprint density at radius 1 is 0.731 bits per heavy atom. The average Bonchev–Trinajstić information content (AvgIpc) is 3.85. The molecule has 3 aliphatic carbocycles. The van der Waals surface area contributed by atoms with Crippen molar-refractivity contribution in [1.82, 2.24) is 19.1 Å². The monoisotopic (exact) mass is 688 g/mol. The Balaban J connectivity index is 1.09. The first-order valence-corrected chi connectivity index (χ1v) is 20.3. The quantitative estimate of drug-likeness (QED) is 0.173. The highest BCUT2D eigenvalue weighted by Gasteiger charge is 2.39. The second kappa shape index (κ2) is 11.7. The third-order valence-corrected chi connectivity index (χ3v) is 14.2. The van der Waals surface area contributed by atoms with Gasteiger partial charge in [0.25, 0.3) is 0 Å². The Labute approximate surface area is 304 Å². The predicted octanol–water partition coefficient (Wildman–Crippen LogP) is 9.19. The van der Waals surface area contributed by atoms with Gasteiger partial charge in [-0.25, -0.2) is 9.97 Å². The van der Waals surface area contributed by atoms with Crippen LogP contribution in [0.1, 0.15) is 36.6 Å². The molecule has 0 saturated carbocycles. The topological polar surface area (TPSA) is 35.6 Å². The Kier molecular flexibility index (Phi) is 6.79. The molecule has 0 N–H and O–H groups in total. The van der Waals surface area contributed by atoms with Crippen molar-refractivity contribution in [3.63, 3.8) is 0 Å². The van der Waals surface area contributed by atoms with Crippen molar-refractivity contribution in [1.29, 1.82) is 0 Å². The molecule has 3 heterocycles. The molecule has 4 aliphatic rings. The summed E-state index contributed by atoms with van der Waals surface area (Å²) in [7, 11) is -0.488. The predicted molar refractivity (Wildman–Crippen MR) is 217 cm³/mol.